The summed E-state index contributed by atoms with van der Waals surface area (Å²) in [5.41, 5.74) is 0. The fourth-order valence-corrected chi connectivity index (χ4v) is 3.95. The van der Waals surface area contributed by atoms with Crippen LogP contribution in [-0.2, 0) is 0 Å². The minimum atomic E-state index is 0.771. The summed E-state index contributed by atoms with van der Waals surface area (Å²) in [6, 6.07) is 0.771. The van der Waals surface area contributed by atoms with E-state index in [0.29, 0.717) is 0 Å². The highest BCUT2D eigenvalue weighted by molar-refractivity contribution is 7.99. The zero-order chi connectivity index (χ0) is 10.5. The summed E-state index contributed by atoms with van der Waals surface area (Å²) in [5.74, 6) is 3.79. The Balaban J connectivity index is 1.67. The first-order chi connectivity index (χ1) is 7.38. The molecule has 0 amide bonds. The molecule has 1 atom stereocenters. The predicted octanol–water partition coefficient (Wildman–Crippen LogP) is 1.81. The van der Waals surface area contributed by atoms with Crippen LogP contribution in [0.15, 0.2) is 0 Å². The van der Waals surface area contributed by atoms with Crippen molar-refractivity contribution in [2.75, 3.05) is 37.7 Å². The molecule has 2 rings (SSSR count). The van der Waals surface area contributed by atoms with Crippen molar-refractivity contribution < 1.29 is 0 Å². The first kappa shape index (κ1) is 11.7. The lowest BCUT2D eigenvalue weighted by Gasteiger charge is -2.26. The van der Waals surface area contributed by atoms with Gasteiger partial charge in [0.05, 0.1) is 0 Å². The molecule has 0 aromatic rings. The Hall–Kier alpha value is 0.270. The first-order valence-corrected chi connectivity index (χ1v) is 7.57. The second-order valence-corrected chi connectivity index (χ2v) is 6.08. The van der Waals surface area contributed by atoms with Gasteiger partial charge in [-0.3, -0.25) is 0 Å². The molecular weight excluding hydrogens is 204 g/mol. The summed E-state index contributed by atoms with van der Waals surface area (Å²) in [6.45, 7) is 7.31. The van der Waals surface area contributed by atoms with E-state index in [1.165, 1.54) is 50.4 Å². The van der Waals surface area contributed by atoms with Gasteiger partial charge in [0.15, 0.2) is 0 Å². The van der Waals surface area contributed by atoms with E-state index < -0.39 is 0 Å². The zero-order valence-corrected chi connectivity index (χ0v) is 10.7. The minimum Gasteiger partial charge on any atom is -0.313 e. The maximum Gasteiger partial charge on any atom is 0.0207 e. The molecule has 2 aliphatic rings. The van der Waals surface area contributed by atoms with Crippen LogP contribution in [-0.4, -0.2) is 48.6 Å². The summed E-state index contributed by atoms with van der Waals surface area (Å²) in [5, 5.41) is 3.57. The molecule has 0 aliphatic carbocycles. The van der Waals surface area contributed by atoms with Crippen LogP contribution in [0.5, 0.6) is 0 Å². The van der Waals surface area contributed by atoms with Gasteiger partial charge in [0.25, 0.3) is 0 Å². The quantitative estimate of drug-likeness (QED) is 0.790. The van der Waals surface area contributed by atoms with Crippen molar-refractivity contribution in [2.45, 2.75) is 32.2 Å². The molecule has 1 N–H and O–H groups in total. The van der Waals surface area contributed by atoms with Crippen LogP contribution >= 0.6 is 11.8 Å². The third-order valence-corrected chi connectivity index (χ3v) is 4.67. The predicted molar refractivity (Wildman–Crippen MR) is 68.6 cm³/mol. The molecular formula is C12H24N2S. The number of rotatable bonds is 4. The minimum absolute atomic E-state index is 0.771. The maximum atomic E-state index is 3.57. The molecule has 0 aromatic carbocycles. The number of hydrogen-bond acceptors (Lipinski definition) is 3. The monoisotopic (exact) mass is 228 g/mol. The largest absolute Gasteiger partial charge is 0.313 e. The van der Waals surface area contributed by atoms with Gasteiger partial charge < -0.3 is 10.2 Å². The molecule has 0 saturated carbocycles. The summed E-state index contributed by atoms with van der Waals surface area (Å²) < 4.78 is 0. The number of hydrogen-bond donors (Lipinski definition) is 1. The van der Waals surface area contributed by atoms with Gasteiger partial charge in [-0.15, -0.1) is 0 Å². The second kappa shape index (κ2) is 6.12. The summed E-state index contributed by atoms with van der Waals surface area (Å²) in [7, 11) is 0. The molecule has 2 fully saturated rings. The van der Waals surface area contributed by atoms with E-state index in [-0.39, 0.29) is 0 Å². The number of thioether (sulfide) groups is 1. The van der Waals surface area contributed by atoms with Crippen molar-refractivity contribution in [3.8, 4) is 0 Å². The molecule has 15 heavy (non-hydrogen) atoms. The van der Waals surface area contributed by atoms with Gasteiger partial charge in [0, 0.05) is 19.1 Å². The zero-order valence-electron chi connectivity index (χ0n) is 9.87. The molecule has 1 unspecified atom stereocenters. The fourth-order valence-electron chi connectivity index (χ4n) is 2.75. The Morgan fingerprint density at radius 3 is 2.80 bits per heavy atom. The van der Waals surface area contributed by atoms with Gasteiger partial charge in [-0.05, 0) is 49.8 Å². The van der Waals surface area contributed by atoms with E-state index in [2.05, 4.69) is 28.9 Å². The molecule has 0 bridgehead atoms. The van der Waals surface area contributed by atoms with E-state index in [0.717, 1.165) is 18.5 Å². The maximum absolute atomic E-state index is 3.57. The molecule has 2 heterocycles. The van der Waals surface area contributed by atoms with Crippen molar-refractivity contribution in [1.29, 1.82) is 0 Å². The van der Waals surface area contributed by atoms with E-state index in [4.69, 9.17) is 0 Å². The Bertz CT molecular complexity index is 180. The van der Waals surface area contributed by atoms with E-state index >= 15 is 0 Å². The number of likely N-dealkylation sites (tertiary alicyclic amines) is 1. The van der Waals surface area contributed by atoms with Crippen LogP contribution in [0.3, 0.4) is 0 Å². The molecule has 3 heteroatoms. The van der Waals surface area contributed by atoms with Crippen LogP contribution in [0.4, 0.5) is 0 Å². The molecule has 2 saturated heterocycles. The summed E-state index contributed by atoms with van der Waals surface area (Å²) >= 11 is 2.13. The standard InChI is InChI=1S/C12H24N2S/c1-2-13-12-3-6-14(10-12)9-11-4-7-15-8-5-11/h11-13H,2-10H2,1H3. The molecule has 88 valence electrons. The van der Waals surface area contributed by atoms with E-state index in [9.17, 15) is 0 Å². The van der Waals surface area contributed by atoms with Crippen molar-refractivity contribution in [2.24, 2.45) is 5.92 Å². The van der Waals surface area contributed by atoms with Gasteiger partial charge in [-0.2, -0.15) is 11.8 Å². The van der Waals surface area contributed by atoms with Gasteiger partial charge in [-0.25, -0.2) is 0 Å². The third kappa shape index (κ3) is 3.65. The topological polar surface area (TPSA) is 15.3 Å². The van der Waals surface area contributed by atoms with Crippen LogP contribution in [0, 0.1) is 5.92 Å². The Labute approximate surface area is 98.2 Å². The molecule has 2 aliphatic heterocycles. The Kier molecular flexibility index (Phi) is 4.79. The van der Waals surface area contributed by atoms with Crippen LogP contribution in [0.2, 0.25) is 0 Å². The highest BCUT2D eigenvalue weighted by Gasteiger charge is 2.24. The van der Waals surface area contributed by atoms with Gasteiger partial charge in [0.2, 0.25) is 0 Å². The van der Waals surface area contributed by atoms with Gasteiger partial charge in [0.1, 0.15) is 0 Å². The van der Waals surface area contributed by atoms with Crippen LogP contribution in [0.25, 0.3) is 0 Å². The average Bonchev–Trinajstić information content (AvgIpc) is 2.68. The van der Waals surface area contributed by atoms with Crippen LogP contribution in [0.1, 0.15) is 26.2 Å². The van der Waals surface area contributed by atoms with E-state index in [1.807, 2.05) is 0 Å². The first-order valence-electron chi connectivity index (χ1n) is 6.42. The number of nitrogens with zero attached hydrogens (tertiary/aromatic N) is 1. The molecule has 2 nitrogen and oxygen atoms in total. The molecule has 0 aromatic heterocycles. The second-order valence-electron chi connectivity index (χ2n) is 4.86. The van der Waals surface area contributed by atoms with Crippen molar-refractivity contribution in [3.63, 3.8) is 0 Å². The number of likely N-dealkylation sites (N-methyl/N-ethyl adjacent to an activating group) is 1. The Morgan fingerprint density at radius 1 is 1.27 bits per heavy atom. The average molecular weight is 228 g/mol. The smallest absolute Gasteiger partial charge is 0.0207 e. The van der Waals surface area contributed by atoms with Crippen LogP contribution < -0.4 is 5.32 Å². The van der Waals surface area contributed by atoms with Crippen molar-refractivity contribution in [1.82, 2.24) is 10.2 Å². The van der Waals surface area contributed by atoms with E-state index in [1.54, 1.807) is 0 Å². The fraction of sp³-hybridized carbons (Fsp3) is 1.00. The highest BCUT2D eigenvalue weighted by atomic mass is 32.2. The SMILES string of the molecule is CCNC1CCN(CC2CCSCC2)C1. The Morgan fingerprint density at radius 2 is 2.07 bits per heavy atom. The normalized spacial score (nSPS) is 29.8. The summed E-state index contributed by atoms with van der Waals surface area (Å²) in [4.78, 5) is 2.67. The van der Waals surface area contributed by atoms with Gasteiger partial charge >= 0.3 is 0 Å². The number of nitrogens with one attached hydrogen (secondary N) is 1. The lowest BCUT2D eigenvalue weighted by atomic mass is 10.0. The molecule has 0 radical (unpaired) electrons. The van der Waals surface area contributed by atoms with Crippen molar-refractivity contribution >= 4 is 11.8 Å². The van der Waals surface area contributed by atoms with Gasteiger partial charge in [-0.1, -0.05) is 6.92 Å². The molecule has 0 spiro atoms. The third-order valence-electron chi connectivity index (χ3n) is 3.62. The lowest BCUT2D eigenvalue weighted by molar-refractivity contribution is 0.262. The summed E-state index contributed by atoms with van der Waals surface area (Å²) in [6.07, 6.45) is 4.26. The van der Waals surface area contributed by atoms with Crippen molar-refractivity contribution in [3.05, 3.63) is 0 Å². The highest BCUT2D eigenvalue weighted by Crippen LogP contribution is 2.24. The lowest BCUT2D eigenvalue weighted by Crippen LogP contribution is -2.34.